The van der Waals surface area contributed by atoms with E-state index in [-0.39, 0.29) is 0 Å². The van der Waals surface area contributed by atoms with E-state index in [4.69, 9.17) is 9.72 Å². The molecular weight excluding hydrogens is 346 g/mol. The predicted octanol–water partition coefficient (Wildman–Crippen LogP) is 5.12. The van der Waals surface area contributed by atoms with Gasteiger partial charge in [-0.15, -0.1) is 0 Å². The van der Waals surface area contributed by atoms with Crippen LogP contribution in [0.25, 0.3) is 11.1 Å². The number of benzene rings is 2. The van der Waals surface area contributed by atoms with Gasteiger partial charge in [0.1, 0.15) is 23.2 Å². The predicted molar refractivity (Wildman–Crippen MR) is 111 cm³/mol. The summed E-state index contributed by atoms with van der Waals surface area (Å²) in [4.78, 5) is 4.86. The molecular formula is C24H23N3O. The summed E-state index contributed by atoms with van der Waals surface area (Å²) >= 11 is 0. The van der Waals surface area contributed by atoms with E-state index in [1.54, 1.807) is 7.11 Å². The summed E-state index contributed by atoms with van der Waals surface area (Å²) in [6.07, 6.45) is 4.22. The highest BCUT2D eigenvalue weighted by atomic mass is 16.5. The minimum atomic E-state index is 0.627. The summed E-state index contributed by atoms with van der Waals surface area (Å²) < 4.78 is 5.30. The number of ether oxygens (including phenoxy) is 1. The molecule has 140 valence electrons. The molecule has 1 aromatic heterocycles. The number of rotatable bonds is 5. The fraction of sp³-hybridized carbons (Fsp3) is 0.250. The molecule has 4 heteroatoms. The topological polar surface area (TPSA) is 57.9 Å². The van der Waals surface area contributed by atoms with E-state index in [2.05, 4.69) is 23.5 Å². The summed E-state index contributed by atoms with van der Waals surface area (Å²) in [5.74, 6) is 1.49. The van der Waals surface area contributed by atoms with Gasteiger partial charge in [0.2, 0.25) is 0 Å². The summed E-state index contributed by atoms with van der Waals surface area (Å²) in [6.45, 7) is 0.642. The van der Waals surface area contributed by atoms with Gasteiger partial charge in [-0.25, -0.2) is 4.98 Å². The van der Waals surface area contributed by atoms with E-state index in [0.29, 0.717) is 17.9 Å². The molecule has 3 aromatic rings. The average Bonchev–Trinajstić information content (AvgIpc) is 2.77. The van der Waals surface area contributed by atoms with Crippen LogP contribution >= 0.6 is 0 Å². The van der Waals surface area contributed by atoms with Gasteiger partial charge in [-0.1, -0.05) is 42.5 Å². The van der Waals surface area contributed by atoms with Crippen LogP contribution in [0, 0.1) is 11.3 Å². The molecule has 4 rings (SSSR count). The second kappa shape index (κ2) is 8.14. The molecule has 0 saturated carbocycles. The number of aryl methyl sites for hydroxylation is 1. The van der Waals surface area contributed by atoms with Crippen LogP contribution in [0.3, 0.4) is 0 Å². The fourth-order valence-corrected chi connectivity index (χ4v) is 3.84. The second-order valence-electron chi connectivity index (χ2n) is 7.02. The van der Waals surface area contributed by atoms with Crippen molar-refractivity contribution in [1.29, 1.82) is 5.26 Å². The van der Waals surface area contributed by atoms with Gasteiger partial charge in [0, 0.05) is 17.8 Å². The van der Waals surface area contributed by atoms with Gasteiger partial charge in [-0.3, -0.25) is 0 Å². The first-order chi connectivity index (χ1) is 13.8. The Morgan fingerprint density at radius 2 is 1.79 bits per heavy atom. The van der Waals surface area contributed by atoms with Crippen molar-refractivity contribution in [2.24, 2.45) is 0 Å². The first-order valence-electron chi connectivity index (χ1n) is 9.68. The van der Waals surface area contributed by atoms with Gasteiger partial charge >= 0.3 is 0 Å². The lowest BCUT2D eigenvalue weighted by Gasteiger charge is -2.22. The third-order valence-electron chi connectivity index (χ3n) is 5.27. The minimum Gasteiger partial charge on any atom is -0.497 e. The lowest BCUT2D eigenvalue weighted by molar-refractivity contribution is 0.415. The van der Waals surface area contributed by atoms with Crippen molar-refractivity contribution in [2.75, 3.05) is 12.4 Å². The van der Waals surface area contributed by atoms with E-state index in [0.717, 1.165) is 53.8 Å². The van der Waals surface area contributed by atoms with Crippen molar-refractivity contribution < 1.29 is 4.74 Å². The van der Waals surface area contributed by atoms with Crippen LogP contribution in [-0.4, -0.2) is 12.1 Å². The summed E-state index contributed by atoms with van der Waals surface area (Å²) in [5, 5.41) is 13.4. The Hall–Kier alpha value is -3.32. The first kappa shape index (κ1) is 18.1. The summed E-state index contributed by atoms with van der Waals surface area (Å²) in [7, 11) is 1.66. The normalized spacial score (nSPS) is 12.7. The van der Waals surface area contributed by atoms with E-state index in [1.165, 1.54) is 5.56 Å². The van der Waals surface area contributed by atoms with Crippen LogP contribution in [-0.2, 0) is 19.4 Å². The number of methoxy groups -OCH3 is 1. The number of anilines is 1. The van der Waals surface area contributed by atoms with Gasteiger partial charge < -0.3 is 10.1 Å². The quantitative estimate of drug-likeness (QED) is 0.678. The SMILES string of the molecule is COc1ccc(-c2c(C#N)c(NCc3ccccc3)nc3c2CCCC3)cc1. The molecule has 0 amide bonds. The molecule has 0 bridgehead atoms. The molecule has 28 heavy (non-hydrogen) atoms. The van der Waals surface area contributed by atoms with Gasteiger partial charge in [-0.2, -0.15) is 5.26 Å². The molecule has 0 unspecified atom stereocenters. The van der Waals surface area contributed by atoms with Crippen molar-refractivity contribution in [3.05, 3.63) is 77.0 Å². The van der Waals surface area contributed by atoms with E-state index >= 15 is 0 Å². The maximum atomic E-state index is 10.0. The molecule has 1 N–H and O–H groups in total. The van der Waals surface area contributed by atoms with Gasteiger partial charge in [0.15, 0.2) is 0 Å². The number of nitrogens with one attached hydrogen (secondary N) is 1. The van der Waals surface area contributed by atoms with Crippen LogP contribution in [0.4, 0.5) is 5.82 Å². The van der Waals surface area contributed by atoms with Crippen molar-refractivity contribution >= 4 is 5.82 Å². The largest absolute Gasteiger partial charge is 0.497 e. The number of fused-ring (bicyclic) bond motifs is 1. The molecule has 1 aliphatic rings. The van der Waals surface area contributed by atoms with Gasteiger partial charge in [-0.05, 0) is 54.5 Å². The van der Waals surface area contributed by atoms with Crippen molar-refractivity contribution in [3.63, 3.8) is 0 Å². The molecule has 0 spiro atoms. The highest BCUT2D eigenvalue weighted by Gasteiger charge is 2.23. The zero-order chi connectivity index (χ0) is 19.3. The van der Waals surface area contributed by atoms with Crippen LogP contribution < -0.4 is 10.1 Å². The van der Waals surface area contributed by atoms with Crippen molar-refractivity contribution in [3.8, 4) is 22.9 Å². The lowest BCUT2D eigenvalue weighted by Crippen LogP contribution is -2.13. The zero-order valence-electron chi connectivity index (χ0n) is 16.0. The Bertz CT molecular complexity index is 1000. The standard InChI is InChI=1S/C24H23N3O/c1-28-19-13-11-18(12-14-19)23-20-9-5-6-10-22(20)27-24(21(23)15-25)26-16-17-7-3-2-4-8-17/h2-4,7-8,11-14H,5-6,9-10,16H2,1H3,(H,26,27). The van der Waals surface area contributed by atoms with Crippen molar-refractivity contribution in [1.82, 2.24) is 4.98 Å². The molecule has 1 aliphatic carbocycles. The maximum Gasteiger partial charge on any atom is 0.145 e. The van der Waals surface area contributed by atoms with Crippen LogP contribution in [0.2, 0.25) is 0 Å². The van der Waals surface area contributed by atoms with E-state index in [1.807, 2.05) is 42.5 Å². The number of pyridine rings is 1. The molecule has 0 aliphatic heterocycles. The minimum absolute atomic E-state index is 0.627. The molecule has 0 fully saturated rings. The third kappa shape index (κ3) is 3.57. The number of nitriles is 1. The number of hydrogen-bond donors (Lipinski definition) is 1. The number of aromatic nitrogens is 1. The smallest absolute Gasteiger partial charge is 0.145 e. The third-order valence-corrected chi connectivity index (χ3v) is 5.27. The first-order valence-corrected chi connectivity index (χ1v) is 9.68. The lowest BCUT2D eigenvalue weighted by atomic mass is 9.86. The van der Waals surface area contributed by atoms with Gasteiger partial charge in [0.05, 0.1) is 7.11 Å². The maximum absolute atomic E-state index is 10.0. The Morgan fingerprint density at radius 1 is 1.04 bits per heavy atom. The Kier molecular flexibility index (Phi) is 5.25. The number of hydrogen-bond acceptors (Lipinski definition) is 4. The summed E-state index contributed by atoms with van der Waals surface area (Å²) in [6, 6.07) is 20.6. The monoisotopic (exact) mass is 369 g/mol. The highest BCUT2D eigenvalue weighted by Crippen LogP contribution is 2.37. The van der Waals surface area contributed by atoms with Crippen LogP contribution in [0.5, 0.6) is 5.75 Å². The van der Waals surface area contributed by atoms with Crippen LogP contribution in [0.15, 0.2) is 54.6 Å². The molecule has 4 nitrogen and oxygen atoms in total. The molecule has 1 heterocycles. The molecule has 2 aromatic carbocycles. The Morgan fingerprint density at radius 3 is 2.50 bits per heavy atom. The molecule has 0 saturated heterocycles. The van der Waals surface area contributed by atoms with E-state index in [9.17, 15) is 5.26 Å². The molecule has 0 radical (unpaired) electrons. The van der Waals surface area contributed by atoms with Crippen molar-refractivity contribution in [2.45, 2.75) is 32.2 Å². The Balaban J connectivity index is 1.79. The van der Waals surface area contributed by atoms with Crippen LogP contribution in [0.1, 0.15) is 35.2 Å². The fourth-order valence-electron chi connectivity index (χ4n) is 3.84. The Labute approximate surface area is 165 Å². The average molecular weight is 369 g/mol. The number of nitrogens with zero attached hydrogens (tertiary/aromatic N) is 2. The zero-order valence-corrected chi connectivity index (χ0v) is 16.0. The molecule has 0 atom stereocenters. The van der Waals surface area contributed by atoms with Gasteiger partial charge in [0.25, 0.3) is 0 Å². The summed E-state index contributed by atoms with van der Waals surface area (Å²) in [5.41, 5.74) is 6.19. The van der Waals surface area contributed by atoms with E-state index < -0.39 is 0 Å². The highest BCUT2D eigenvalue weighted by molar-refractivity contribution is 5.80. The second-order valence-corrected chi connectivity index (χ2v) is 7.02.